The average Bonchev–Trinajstić information content (AvgIpc) is 3.39. The Morgan fingerprint density at radius 3 is 2.82 bits per heavy atom. The summed E-state index contributed by atoms with van der Waals surface area (Å²) in [4.78, 5) is 36.4. The van der Waals surface area contributed by atoms with Crippen LogP contribution in [0.1, 0.15) is 33.8 Å². The second-order valence-corrected chi connectivity index (χ2v) is 9.12. The van der Waals surface area contributed by atoms with Crippen molar-refractivity contribution in [2.45, 2.75) is 18.9 Å². The zero-order valence-corrected chi connectivity index (χ0v) is 20.0. The number of aromatic amines is 1. The summed E-state index contributed by atoms with van der Waals surface area (Å²) in [5.41, 5.74) is 6.50. The number of anilines is 1. The molecule has 2 saturated heterocycles. The smallest absolute Gasteiger partial charge is 0.289 e. The Labute approximate surface area is 203 Å². The fourth-order valence-electron chi connectivity index (χ4n) is 4.50. The monoisotopic (exact) mass is 490 g/mol. The molecule has 0 aliphatic carbocycles. The molecule has 1 aromatic heterocycles. The molecule has 0 bridgehead atoms. The van der Waals surface area contributed by atoms with E-state index >= 15 is 0 Å². The van der Waals surface area contributed by atoms with E-state index in [1.807, 2.05) is 4.90 Å². The number of methoxy groups -OCH3 is 1. The third-order valence-electron chi connectivity index (χ3n) is 6.40. The topological polar surface area (TPSA) is 126 Å². The zero-order valence-electron chi connectivity index (χ0n) is 19.3. The van der Waals surface area contributed by atoms with Gasteiger partial charge in [-0.25, -0.2) is 4.98 Å². The van der Waals surface area contributed by atoms with E-state index in [9.17, 15) is 9.59 Å². The summed E-state index contributed by atoms with van der Waals surface area (Å²) < 4.78 is 11.1. The highest BCUT2D eigenvalue weighted by molar-refractivity contribution is 6.33. The lowest BCUT2D eigenvalue weighted by Crippen LogP contribution is -2.50. The Hall–Kier alpha value is -2.82. The van der Waals surface area contributed by atoms with Crippen LogP contribution in [0.4, 0.5) is 5.69 Å². The van der Waals surface area contributed by atoms with Crippen molar-refractivity contribution in [3.05, 3.63) is 40.9 Å². The summed E-state index contributed by atoms with van der Waals surface area (Å²) in [5.74, 6) is 0.978. The zero-order chi connectivity index (χ0) is 24.1. The number of benzene rings is 1. The molecule has 0 radical (unpaired) electrons. The quantitative estimate of drug-likeness (QED) is 0.503. The Balaban J connectivity index is 1.23. The summed E-state index contributed by atoms with van der Waals surface area (Å²) in [5, 5.41) is 3.23. The van der Waals surface area contributed by atoms with E-state index in [1.165, 1.54) is 13.2 Å². The molecule has 2 aliphatic rings. The summed E-state index contributed by atoms with van der Waals surface area (Å²) >= 11 is 6.08. The van der Waals surface area contributed by atoms with Crippen molar-refractivity contribution in [2.24, 2.45) is 5.92 Å². The number of nitrogens with zero attached hydrogens (tertiary/aromatic N) is 3. The van der Waals surface area contributed by atoms with Crippen molar-refractivity contribution in [3.63, 3.8) is 0 Å². The summed E-state index contributed by atoms with van der Waals surface area (Å²) in [6, 6.07) is 3.06. The van der Waals surface area contributed by atoms with Crippen LogP contribution in [0.25, 0.3) is 0 Å². The first kappa shape index (κ1) is 24.3. The largest absolute Gasteiger partial charge is 0.496 e. The molecule has 2 aromatic rings. The van der Waals surface area contributed by atoms with E-state index in [0.29, 0.717) is 46.9 Å². The number of carbonyl (C=O) groups is 2. The number of H-pyrrole nitrogens is 1. The lowest BCUT2D eigenvalue weighted by molar-refractivity contribution is -0.0332. The molecule has 1 unspecified atom stereocenters. The van der Waals surface area contributed by atoms with Crippen LogP contribution in [-0.2, 0) is 4.74 Å². The van der Waals surface area contributed by atoms with Gasteiger partial charge in [0.05, 0.1) is 36.1 Å². The van der Waals surface area contributed by atoms with Crippen molar-refractivity contribution in [1.82, 2.24) is 25.1 Å². The Kier molecular flexibility index (Phi) is 7.91. The number of rotatable bonds is 7. The Morgan fingerprint density at radius 2 is 2.12 bits per heavy atom. The van der Waals surface area contributed by atoms with Gasteiger partial charge in [0.2, 0.25) is 0 Å². The minimum absolute atomic E-state index is 0.0374. The number of morpholine rings is 1. The molecule has 0 saturated carbocycles. The van der Waals surface area contributed by atoms with E-state index in [0.717, 1.165) is 45.6 Å². The van der Waals surface area contributed by atoms with Crippen LogP contribution in [-0.4, -0.2) is 90.7 Å². The van der Waals surface area contributed by atoms with Gasteiger partial charge in [-0.05, 0) is 24.8 Å². The van der Waals surface area contributed by atoms with Gasteiger partial charge in [-0.1, -0.05) is 11.6 Å². The number of amides is 2. The minimum atomic E-state index is -0.284. The van der Waals surface area contributed by atoms with Crippen molar-refractivity contribution in [3.8, 4) is 5.75 Å². The van der Waals surface area contributed by atoms with E-state index in [4.69, 9.17) is 26.8 Å². The molecule has 34 heavy (non-hydrogen) atoms. The highest BCUT2D eigenvalue weighted by Gasteiger charge is 2.28. The first-order valence-corrected chi connectivity index (χ1v) is 11.9. The van der Waals surface area contributed by atoms with Crippen LogP contribution in [0, 0.1) is 5.92 Å². The summed E-state index contributed by atoms with van der Waals surface area (Å²) in [6.45, 7) is 5.03. The lowest BCUT2D eigenvalue weighted by atomic mass is 9.95. The molecular weight excluding hydrogens is 460 g/mol. The third kappa shape index (κ3) is 5.81. The van der Waals surface area contributed by atoms with Gasteiger partial charge in [0.15, 0.2) is 5.82 Å². The van der Waals surface area contributed by atoms with Crippen LogP contribution in [0.3, 0.4) is 0 Å². The summed E-state index contributed by atoms with van der Waals surface area (Å²) in [7, 11) is 1.49. The Bertz CT molecular complexity index is 994. The fraction of sp³-hybridized carbons (Fsp3) is 0.522. The van der Waals surface area contributed by atoms with Crippen molar-refractivity contribution >= 4 is 29.1 Å². The van der Waals surface area contributed by atoms with Gasteiger partial charge in [0.1, 0.15) is 5.75 Å². The van der Waals surface area contributed by atoms with Crippen molar-refractivity contribution in [2.75, 3.05) is 58.7 Å². The minimum Gasteiger partial charge on any atom is -0.496 e. The molecule has 2 amide bonds. The number of ether oxygens (including phenoxy) is 2. The van der Waals surface area contributed by atoms with Gasteiger partial charge in [0.25, 0.3) is 11.8 Å². The molecular formula is C23H31ClN6O4. The standard InChI is InChI=1S/C23H31ClN6O4/c1-33-20-11-19(25)18(24)10-17(20)22(31)28-12-16-14-29(8-9-34-16)13-15-2-6-30(7-3-15)23(32)21-26-4-5-27-21/h4-5,10-11,15-16H,2-3,6-9,12-14,25H2,1H3,(H,26,27)(H,28,31). The van der Waals surface area contributed by atoms with Crippen molar-refractivity contribution in [1.29, 1.82) is 0 Å². The first-order chi connectivity index (χ1) is 16.4. The number of imidazole rings is 1. The van der Waals surface area contributed by atoms with E-state index in [1.54, 1.807) is 18.5 Å². The number of likely N-dealkylation sites (tertiary alicyclic amines) is 1. The number of nitrogens with one attached hydrogen (secondary N) is 2. The van der Waals surface area contributed by atoms with Gasteiger partial charge in [-0.3, -0.25) is 14.5 Å². The van der Waals surface area contributed by atoms with Gasteiger partial charge in [-0.15, -0.1) is 0 Å². The molecule has 3 heterocycles. The number of nitrogen functional groups attached to an aromatic ring is 1. The molecule has 2 fully saturated rings. The van der Waals surface area contributed by atoms with E-state index < -0.39 is 0 Å². The van der Waals surface area contributed by atoms with Gasteiger partial charge < -0.3 is 30.4 Å². The predicted molar refractivity (Wildman–Crippen MR) is 128 cm³/mol. The van der Waals surface area contributed by atoms with Gasteiger partial charge >= 0.3 is 0 Å². The molecule has 0 spiro atoms. The van der Waals surface area contributed by atoms with Crippen LogP contribution in [0.15, 0.2) is 24.5 Å². The average molecular weight is 491 g/mol. The Morgan fingerprint density at radius 1 is 1.32 bits per heavy atom. The summed E-state index contributed by atoms with van der Waals surface area (Å²) in [6.07, 6.45) is 5.08. The van der Waals surface area contributed by atoms with Gasteiger partial charge in [-0.2, -0.15) is 0 Å². The van der Waals surface area contributed by atoms with Crippen molar-refractivity contribution < 1.29 is 19.1 Å². The fourth-order valence-corrected chi connectivity index (χ4v) is 4.67. The molecule has 4 rings (SSSR count). The number of hydrogen-bond donors (Lipinski definition) is 3. The van der Waals surface area contributed by atoms with Crippen LogP contribution >= 0.6 is 11.6 Å². The van der Waals surface area contributed by atoms with Crippen LogP contribution in [0.2, 0.25) is 5.02 Å². The molecule has 4 N–H and O–H groups in total. The molecule has 1 aromatic carbocycles. The number of hydrogen-bond acceptors (Lipinski definition) is 7. The maximum absolute atomic E-state index is 12.7. The maximum Gasteiger partial charge on any atom is 0.289 e. The number of piperidine rings is 1. The molecule has 10 nitrogen and oxygen atoms in total. The van der Waals surface area contributed by atoms with E-state index in [-0.39, 0.29) is 17.9 Å². The second kappa shape index (κ2) is 11.1. The first-order valence-electron chi connectivity index (χ1n) is 11.5. The second-order valence-electron chi connectivity index (χ2n) is 8.71. The molecule has 184 valence electrons. The number of halogens is 1. The number of carbonyl (C=O) groups excluding carboxylic acids is 2. The van der Waals surface area contributed by atoms with Gasteiger partial charge in [0, 0.05) is 57.7 Å². The molecule has 1 atom stereocenters. The number of nitrogens with two attached hydrogens (primary N) is 1. The maximum atomic E-state index is 12.7. The SMILES string of the molecule is COc1cc(N)c(Cl)cc1C(=O)NCC1CN(CC2CCN(C(=O)c3ncc[nH]3)CC2)CCO1. The van der Waals surface area contributed by atoms with Crippen LogP contribution < -0.4 is 15.8 Å². The highest BCUT2D eigenvalue weighted by atomic mass is 35.5. The lowest BCUT2D eigenvalue weighted by Gasteiger charge is -2.38. The van der Waals surface area contributed by atoms with E-state index in [2.05, 4.69) is 20.2 Å². The third-order valence-corrected chi connectivity index (χ3v) is 6.72. The predicted octanol–water partition coefficient (Wildman–Crippen LogP) is 1.64. The normalized spacial score (nSPS) is 19.7. The van der Waals surface area contributed by atoms with Crippen LogP contribution in [0.5, 0.6) is 5.75 Å². The highest BCUT2D eigenvalue weighted by Crippen LogP contribution is 2.28. The number of aromatic nitrogens is 2. The molecule has 2 aliphatic heterocycles. The molecule has 11 heteroatoms.